The van der Waals surface area contributed by atoms with E-state index in [1.807, 2.05) is 0 Å². The Balaban J connectivity index is 1.22. The van der Waals surface area contributed by atoms with Gasteiger partial charge in [-0.05, 0) is 133 Å². The van der Waals surface area contributed by atoms with E-state index in [9.17, 15) is 53.6 Å². The number of sulfonamides is 3. The van der Waals surface area contributed by atoms with Gasteiger partial charge in [0.05, 0.1) is 22.6 Å². The normalized spacial score (nSPS) is 13.9. The molecule has 4 aromatic heterocycles. The van der Waals surface area contributed by atoms with E-state index in [1.54, 1.807) is 53.7 Å². The average Bonchev–Trinajstić information content (AvgIpc) is 4.20. The molecule has 0 bridgehead atoms. The fourth-order valence-electron chi connectivity index (χ4n) is 10.5. The second-order valence-electron chi connectivity index (χ2n) is 20.8. The Morgan fingerprint density at radius 3 is 1.58 bits per heavy atom. The van der Waals surface area contributed by atoms with E-state index in [-0.39, 0.29) is 108 Å². The number of benzene rings is 2. The number of amides is 3. The number of aromatic nitrogens is 4. The molecule has 0 fully saturated rings. The zero-order valence-corrected chi connectivity index (χ0v) is 47.8. The quantitative estimate of drug-likeness (QED) is 0.0397. The van der Waals surface area contributed by atoms with Gasteiger partial charge in [0.1, 0.15) is 49.3 Å². The highest BCUT2D eigenvalue weighted by Gasteiger charge is 2.41. The first kappa shape index (κ1) is 59.5. The van der Waals surface area contributed by atoms with Gasteiger partial charge in [-0.1, -0.05) is 6.08 Å². The van der Waals surface area contributed by atoms with Gasteiger partial charge in [0.2, 0.25) is 30.1 Å². The number of fused-ring (bicyclic) bond motifs is 3. The minimum Gasteiger partial charge on any atom is -0.332 e. The molecule has 0 unspecified atom stereocenters. The van der Waals surface area contributed by atoms with Crippen molar-refractivity contribution in [3.8, 4) is 6.07 Å². The Kier molecular flexibility index (Phi) is 16.2. The van der Waals surface area contributed by atoms with E-state index in [2.05, 4.69) is 35.1 Å². The molecule has 0 saturated carbocycles. The number of anilines is 3. The molecule has 0 aliphatic carbocycles. The largest absolute Gasteiger partial charge is 0.332 e. The van der Waals surface area contributed by atoms with Gasteiger partial charge in [0.15, 0.2) is 11.6 Å². The summed E-state index contributed by atoms with van der Waals surface area (Å²) in [5.41, 5.74) is -1.91. The van der Waals surface area contributed by atoms with E-state index in [0.717, 1.165) is 42.6 Å². The topological polar surface area (TPSA) is 277 Å². The molecule has 436 valence electrons. The van der Waals surface area contributed by atoms with Crippen molar-refractivity contribution < 1.29 is 61.6 Å². The van der Waals surface area contributed by atoms with Crippen molar-refractivity contribution in [1.29, 1.82) is 5.26 Å². The molecule has 9 rings (SSSR count). The first-order chi connectivity index (χ1) is 39.0. The summed E-state index contributed by atoms with van der Waals surface area (Å²) >= 11 is 0. The predicted molar refractivity (Wildman–Crippen MR) is 297 cm³/mol. The maximum absolute atomic E-state index is 15.1. The van der Waals surface area contributed by atoms with Crippen LogP contribution in [0.1, 0.15) is 124 Å². The molecule has 28 heteroatoms. The molecule has 6 aromatic rings. The molecule has 0 radical (unpaired) electrons. The zero-order valence-electron chi connectivity index (χ0n) is 45.4. The number of allylic oxidation sites excluding steroid dienone is 3. The first-order valence-corrected chi connectivity index (χ1v) is 30.1. The van der Waals surface area contributed by atoms with Gasteiger partial charge in [0, 0.05) is 83.8 Å². The zero-order chi connectivity index (χ0) is 60.4. The van der Waals surface area contributed by atoms with Gasteiger partial charge in [-0.3, -0.25) is 19.4 Å². The van der Waals surface area contributed by atoms with Crippen LogP contribution in [-0.2, 0) is 62.5 Å². The summed E-state index contributed by atoms with van der Waals surface area (Å²) in [5, 5.41) is 17.4. The summed E-state index contributed by atoms with van der Waals surface area (Å²) in [5.74, 6) is -6.17. The molecule has 2 aromatic carbocycles. The molecular formula is C55H54F5N11O9S3. The number of hydrogen-bond donors (Lipinski definition) is 6. The summed E-state index contributed by atoms with van der Waals surface area (Å²) in [6.07, 6.45) is 3.19. The molecule has 0 saturated heterocycles. The van der Waals surface area contributed by atoms with Gasteiger partial charge in [0.25, 0.3) is 24.1 Å². The smallest absolute Gasteiger partial charge is 0.280 e. The number of rotatable bonds is 20. The number of pyridine rings is 1. The summed E-state index contributed by atoms with van der Waals surface area (Å²) in [7, 11) is -13.6. The highest BCUT2D eigenvalue weighted by molar-refractivity contribution is 7.90. The first-order valence-electron chi connectivity index (χ1n) is 25.7. The van der Waals surface area contributed by atoms with E-state index < -0.39 is 119 Å². The van der Waals surface area contributed by atoms with Crippen LogP contribution in [0.3, 0.4) is 0 Å². The minimum absolute atomic E-state index is 0.00717. The van der Waals surface area contributed by atoms with E-state index in [1.165, 1.54) is 51.0 Å². The number of nitrogens with zero attached hydrogens (tertiary/aromatic N) is 5. The molecule has 0 atom stereocenters. The third-order valence-corrected chi connectivity index (χ3v) is 18.8. The summed E-state index contributed by atoms with van der Waals surface area (Å²) in [4.78, 5) is 46.4. The number of nitrogens with one attached hydrogen (secondary N) is 6. The Morgan fingerprint density at radius 1 is 0.602 bits per heavy atom. The maximum atomic E-state index is 15.1. The van der Waals surface area contributed by atoms with Crippen LogP contribution in [-0.4, -0.2) is 79.8 Å². The van der Waals surface area contributed by atoms with E-state index in [0.29, 0.717) is 0 Å². The van der Waals surface area contributed by atoms with Crippen molar-refractivity contribution in [3.05, 3.63) is 152 Å². The molecule has 6 N–H and O–H groups in total. The van der Waals surface area contributed by atoms with Crippen LogP contribution in [0.5, 0.6) is 0 Å². The summed E-state index contributed by atoms with van der Waals surface area (Å²) < 4.78 is 170. The number of carbonyl (C=O) groups is 3. The second-order valence-corrected chi connectivity index (χ2v) is 25.8. The highest BCUT2D eigenvalue weighted by Crippen LogP contribution is 2.42. The van der Waals surface area contributed by atoms with Crippen LogP contribution < -0.4 is 30.1 Å². The monoisotopic (exact) mass is 1200 g/mol. The Hall–Kier alpha value is -8.07. The number of alkyl halides is 2. The molecule has 0 spiro atoms. The van der Waals surface area contributed by atoms with Gasteiger partial charge in [-0.2, -0.15) is 5.26 Å². The number of hydrogen-bond acceptors (Lipinski definition) is 11. The third kappa shape index (κ3) is 11.7. The van der Waals surface area contributed by atoms with Crippen LogP contribution in [0, 0.1) is 35.7 Å². The lowest BCUT2D eigenvalue weighted by Crippen LogP contribution is -2.31. The van der Waals surface area contributed by atoms with Crippen molar-refractivity contribution in [2.75, 3.05) is 16.0 Å². The number of carbonyl (C=O) groups excluding carboxylic acids is 3. The molecule has 3 aliphatic heterocycles. The van der Waals surface area contributed by atoms with Crippen LogP contribution in [0.15, 0.2) is 86.6 Å². The fraction of sp³-hybridized carbons (Fsp3) is 0.291. The SMILES string of the molecule is Cc1c(S(=O)(=O)NC(C)C)c2n(c1C(=O)Nc1ccnc(C(F)F)c1)CC(Cc1c(S(=O)(=O)NC(C)C)c3n(c1C(=O)Nc1ccc(F)c(C#N)c1)CC(Cc1c(S(=O)(=O)NC(C)C)c4n(c1C(=O)Nc1ccc(F)c(F)c1)CC=C4)=C3)=C2. The minimum atomic E-state index is -4.72. The third-order valence-electron chi connectivity index (χ3n) is 13.4. The van der Waals surface area contributed by atoms with Gasteiger partial charge in [-0.25, -0.2) is 61.4 Å². The summed E-state index contributed by atoms with van der Waals surface area (Å²) in [6, 6.07) is 7.65. The Morgan fingerprint density at radius 2 is 1.06 bits per heavy atom. The van der Waals surface area contributed by atoms with Gasteiger partial charge in [-0.15, -0.1) is 0 Å². The molecule has 83 heavy (non-hydrogen) atoms. The van der Waals surface area contributed by atoms with Crippen LogP contribution >= 0.6 is 0 Å². The van der Waals surface area contributed by atoms with Crippen molar-refractivity contribution in [2.24, 2.45) is 0 Å². The van der Waals surface area contributed by atoms with Crippen LogP contribution in [0.25, 0.3) is 18.2 Å². The lowest BCUT2D eigenvalue weighted by Gasteiger charge is -2.16. The molecule has 3 amide bonds. The van der Waals surface area contributed by atoms with Crippen LogP contribution in [0.2, 0.25) is 0 Å². The van der Waals surface area contributed by atoms with Crippen molar-refractivity contribution >= 4 is 83.1 Å². The van der Waals surface area contributed by atoms with E-state index >= 15 is 13.2 Å². The lowest BCUT2D eigenvalue weighted by molar-refractivity contribution is 0.100. The fourth-order valence-corrected chi connectivity index (χ4v) is 15.6. The van der Waals surface area contributed by atoms with E-state index in [4.69, 9.17) is 0 Å². The average molecular weight is 1200 g/mol. The number of halogens is 5. The Labute approximate surface area is 474 Å². The molecule has 3 aliphatic rings. The highest BCUT2D eigenvalue weighted by atomic mass is 32.2. The standard InChI is InChI=1S/C55H54F5N11O9S3/c1-27(2)66-81(75,76)49-30(7)46(53(72)65-36-14-15-62-42(23-36)52(59)60)70-25-31(19-44(49)70)18-38-48(55(74)63-34-10-12-39(56)33(21-34)24-61)71-26-32(20-45(71)51(38)83(79,80)68-29(5)6)17-37-47(54(73)64-35-11-13-40(57)41(58)22-35)69-16-8-9-43(69)50(37)82(77,78)67-28(3)4/h8-15,19-23,27-29,52,66-68H,16-18,25-26H2,1-7H3,(H,63,74)(H,64,73)(H,62,65,72). The molecule has 7 heterocycles. The van der Waals surface area contributed by atoms with Gasteiger partial charge >= 0.3 is 0 Å². The molecule has 20 nitrogen and oxygen atoms in total. The van der Waals surface area contributed by atoms with Crippen molar-refractivity contribution in [1.82, 2.24) is 32.9 Å². The van der Waals surface area contributed by atoms with Crippen LogP contribution in [0.4, 0.5) is 39.0 Å². The van der Waals surface area contributed by atoms with Gasteiger partial charge < -0.3 is 29.7 Å². The number of nitriles is 1. The summed E-state index contributed by atoms with van der Waals surface area (Å²) in [6.45, 7) is 10.1. The lowest BCUT2D eigenvalue weighted by atomic mass is 10.0. The predicted octanol–water partition coefficient (Wildman–Crippen LogP) is 8.14. The van der Waals surface area contributed by atoms with Crippen molar-refractivity contribution in [2.45, 2.75) is 120 Å². The maximum Gasteiger partial charge on any atom is 0.280 e. The Bertz CT molecular complexity index is 4230. The molecular weight excluding hydrogens is 1150 g/mol. The second kappa shape index (κ2) is 22.6. The van der Waals surface area contributed by atoms with Crippen molar-refractivity contribution in [3.63, 3.8) is 0 Å².